The summed E-state index contributed by atoms with van der Waals surface area (Å²) in [4.78, 5) is 42.8. The van der Waals surface area contributed by atoms with Gasteiger partial charge in [0.05, 0.1) is 5.69 Å². The monoisotopic (exact) mass is 386 g/mol. The molecule has 0 radical (unpaired) electrons. The molecule has 3 amide bonds. The zero-order valence-corrected chi connectivity index (χ0v) is 16.2. The number of hydrogen-bond acceptors (Lipinski definition) is 5. The van der Waals surface area contributed by atoms with Gasteiger partial charge in [-0.3, -0.25) is 14.6 Å². The van der Waals surface area contributed by atoms with E-state index in [1.807, 2.05) is 24.3 Å². The molecule has 0 saturated carbocycles. The van der Waals surface area contributed by atoms with Crippen LogP contribution in [0.15, 0.2) is 29.3 Å². The van der Waals surface area contributed by atoms with E-state index in [4.69, 9.17) is 0 Å². The molecule has 1 saturated heterocycles. The Balaban J connectivity index is 1.91. The Labute approximate surface area is 163 Å². The topological polar surface area (TPSA) is 105 Å². The third-order valence-electron chi connectivity index (χ3n) is 4.87. The van der Waals surface area contributed by atoms with E-state index in [9.17, 15) is 19.5 Å². The third-order valence-corrected chi connectivity index (χ3v) is 4.87. The maximum Gasteiger partial charge on any atom is 0.395 e. The molecule has 148 valence electrons. The SMILES string of the molecule is CCCCc1ccc(NC2=[N+](CC(=O)O)C3C(=O)N(C)C(=O)N(C)C3=N2)cc1. The summed E-state index contributed by atoms with van der Waals surface area (Å²) in [6.45, 7) is 1.72. The Hall–Kier alpha value is -3.23. The highest BCUT2D eigenvalue weighted by molar-refractivity contribution is 6.23. The normalized spacial score (nSPS) is 19.1. The van der Waals surface area contributed by atoms with Crippen LogP contribution in [-0.2, 0) is 16.0 Å². The van der Waals surface area contributed by atoms with E-state index in [1.165, 1.54) is 29.1 Å². The van der Waals surface area contributed by atoms with E-state index in [1.54, 1.807) is 0 Å². The number of likely N-dealkylation sites (N-methyl/N-ethyl adjacent to an activating group) is 2. The molecule has 1 atom stereocenters. The van der Waals surface area contributed by atoms with Gasteiger partial charge in [0.2, 0.25) is 11.9 Å². The average Bonchev–Trinajstić information content (AvgIpc) is 3.01. The van der Waals surface area contributed by atoms with Gasteiger partial charge in [-0.25, -0.2) is 19.5 Å². The van der Waals surface area contributed by atoms with E-state index < -0.39 is 30.5 Å². The van der Waals surface area contributed by atoms with Crippen LogP contribution in [0.5, 0.6) is 0 Å². The molecule has 2 aliphatic rings. The first-order chi connectivity index (χ1) is 13.3. The van der Waals surface area contributed by atoms with Gasteiger partial charge in [-0.15, -0.1) is 0 Å². The number of imide groups is 1. The molecule has 0 bridgehead atoms. The fourth-order valence-electron chi connectivity index (χ4n) is 3.27. The largest absolute Gasteiger partial charge is 0.479 e. The van der Waals surface area contributed by atoms with Crippen molar-refractivity contribution in [3.8, 4) is 0 Å². The molecule has 0 spiro atoms. The Morgan fingerprint density at radius 1 is 1.21 bits per heavy atom. The minimum absolute atomic E-state index is 0.219. The van der Waals surface area contributed by atoms with Gasteiger partial charge < -0.3 is 5.11 Å². The molecule has 2 heterocycles. The number of amides is 3. The molecular weight excluding hydrogens is 362 g/mol. The van der Waals surface area contributed by atoms with Crippen LogP contribution < -0.4 is 5.32 Å². The predicted molar refractivity (Wildman–Crippen MR) is 104 cm³/mol. The van der Waals surface area contributed by atoms with Crippen LogP contribution in [0.2, 0.25) is 0 Å². The smallest absolute Gasteiger partial charge is 0.395 e. The summed E-state index contributed by atoms with van der Waals surface area (Å²) in [7, 11) is 2.89. The zero-order chi connectivity index (χ0) is 20.4. The molecule has 1 fully saturated rings. The highest BCUT2D eigenvalue weighted by Crippen LogP contribution is 2.20. The zero-order valence-electron chi connectivity index (χ0n) is 16.2. The lowest BCUT2D eigenvalue weighted by Gasteiger charge is -2.31. The number of benzene rings is 1. The standard InChI is InChI=1S/C19H23N5O4/c1-4-5-6-12-7-9-13(10-8-12)20-18-21-16-15(24(18)11-14(25)26)17(27)23(3)19(28)22(16)2/h7-10,15H,4-6,11H2,1-3H3,(H,25,26)/p+1. The summed E-state index contributed by atoms with van der Waals surface area (Å²) >= 11 is 0. The molecule has 0 aromatic heterocycles. The summed E-state index contributed by atoms with van der Waals surface area (Å²) in [6, 6.07) is 6.34. The number of carbonyl (C=O) groups excluding carboxylic acids is 2. The van der Waals surface area contributed by atoms with E-state index in [0.29, 0.717) is 0 Å². The van der Waals surface area contributed by atoms with Crippen molar-refractivity contribution in [1.82, 2.24) is 9.80 Å². The molecule has 9 heteroatoms. The van der Waals surface area contributed by atoms with E-state index >= 15 is 0 Å². The van der Waals surface area contributed by atoms with Gasteiger partial charge in [0.1, 0.15) is 0 Å². The van der Waals surface area contributed by atoms with Crippen LogP contribution in [-0.4, -0.2) is 75.9 Å². The van der Waals surface area contributed by atoms with Gasteiger partial charge in [0.25, 0.3) is 5.91 Å². The van der Waals surface area contributed by atoms with E-state index in [0.717, 1.165) is 29.8 Å². The second-order valence-corrected chi connectivity index (χ2v) is 6.88. The Morgan fingerprint density at radius 3 is 2.50 bits per heavy atom. The molecule has 2 N–H and O–H groups in total. The number of carboxylic acids is 1. The molecule has 28 heavy (non-hydrogen) atoms. The number of nitrogens with one attached hydrogen (secondary N) is 1. The second-order valence-electron chi connectivity index (χ2n) is 6.88. The number of nitrogens with zero attached hydrogens (tertiary/aromatic N) is 4. The average molecular weight is 386 g/mol. The Kier molecular flexibility index (Phi) is 5.43. The van der Waals surface area contributed by atoms with Gasteiger partial charge in [0, 0.05) is 14.1 Å². The number of aryl methyl sites for hydroxylation is 1. The number of urea groups is 1. The van der Waals surface area contributed by atoms with Crippen molar-refractivity contribution < 1.29 is 24.1 Å². The van der Waals surface area contributed by atoms with Crippen molar-refractivity contribution >= 4 is 35.4 Å². The summed E-state index contributed by atoms with van der Waals surface area (Å²) in [5.41, 5.74) is 1.94. The summed E-state index contributed by atoms with van der Waals surface area (Å²) < 4.78 is 1.37. The highest BCUT2D eigenvalue weighted by atomic mass is 16.4. The van der Waals surface area contributed by atoms with Gasteiger partial charge in [-0.05, 0) is 30.5 Å². The third kappa shape index (κ3) is 3.60. The number of aliphatic carboxylic acids is 1. The number of rotatable bonds is 6. The van der Waals surface area contributed by atoms with Crippen molar-refractivity contribution in [1.29, 1.82) is 0 Å². The molecule has 0 aliphatic carbocycles. The number of fused-ring (bicyclic) bond motifs is 1. The van der Waals surface area contributed by atoms with Crippen molar-refractivity contribution in [2.24, 2.45) is 4.99 Å². The summed E-state index contributed by atoms with van der Waals surface area (Å²) in [6.07, 6.45) is 3.23. The first-order valence-corrected chi connectivity index (χ1v) is 9.18. The summed E-state index contributed by atoms with van der Waals surface area (Å²) in [5.74, 6) is -1.15. The molecule has 2 aliphatic heterocycles. The van der Waals surface area contributed by atoms with Crippen LogP contribution in [0.1, 0.15) is 25.3 Å². The van der Waals surface area contributed by atoms with Crippen LogP contribution in [0.3, 0.4) is 0 Å². The van der Waals surface area contributed by atoms with Crippen molar-refractivity contribution in [2.75, 3.05) is 26.0 Å². The minimum Gasteiger partial charge on any atom is -0.479 e. The number of guanidine groups is 1. The van der Waals surface area contributed by atoms with Gasteiger partial charge >= 0.3 is 18.0 Å². The van der Waals surface area contributed by atoms with Crippen molar-refractivity contribution in [2.45, 2.75) is 32.2 Å². The van der Waals surface area contributed by atoms with E-state index in [2.05, 4.69) is 17.2 Å². The highest BCUT2D eigenvalue weighted by Gasteiger charge is 2.51. The maximum atomic E-state index is 12.6. The molecule has 9 nitrogen and oxygen atoms in total. The Morgan fingerprint density at radius 2 is 1.89 bits per heavy atom. The van der Waals surface area contributed by atoms with Crippen LogP contribution in [0, 0.1) is 0 Å². The fourth-order valence-corrected chi connectivity index (χ4v) is 3.27. The predicted octanol–water partition coefficient (Wildman–Crippen LogP) is 1.20. The van der Waals surface area contributed by atoms with Crippen LogP contribution in [0.4, 0.5) is 10.5 Å². The quantitative estimate of drug-likeness (QED) is 0.715. The minimum atomic E-state index is -1.10. The number of aliphatic imine (C=N–C) groups is 1. The fraction of sp³-hybridized carbons (Fsp3) is 0.421. The number of unbranched alkanes of at least 4 members (excludes halogenated alkanes) is 1. The molecular formula is C19H24N5O4+. The lowest BCUT2D eigenvalue weighted by Crippen LogP contribution is -2.61. The first-order valence-electron chi connectivity index (χ1n) is 9.18. The second kappa shape index (κ2) is 7.79. The number of amidine groups is 1. The van der Waals surface area contributed by atoms with Crippen LogP contribution >= 0.6 is 0 Å². The van der Waals surface area contributed by atoms with Gasteiger partial charge in [-0.1, -0.05) is 30.5 Å². The van der Waals surface area contributed by atoms with E-state index in [-0.39, 0.29) is 11.8 Å². The first kappa shape index (κ1) is 19.5. The molecule has 1 aromatic rings. The van der Waals surface area contributed by atoms with Gasteiger partial charge in [0.15, 0.2) is 6.54 Å². The number of carboxylic acid groups (broad SMARTS) is 1. The molecule has 1 aromatic carbocycles. The Bertz CT molecular complexity index is 875. The van der Waals surface area contributed by atoms with Gasteiger partial charge in [-0.2, -0.15) is 0 Å². The van der Waals surface area contributed by atoms with Crippen molar-refractivity contribution in [3.05, 3.63) is 29.8 Å². The number of hydrogen-bond donors (Lipinski definition) is 2. The lowest BCUT2D eigenvalue weighted by molar-refractivity contribution is -0.525. The number of anilines is 1. The van der Waals surface area contributed by atoms with Crippen molar-refractivity contribution in [3.63, 3.8) is 0 Å². The van der Waals surface area contributed by atoms with Crippen LogP contribution in [0.25, 0.3) is 0 Å². The lowest BCUT2D eigenvalue weighted by atomic mass is 10.1. The molecule has 1 unspecified atom stereocenters. The maximum absolute atomic E-state index is 12.6. The number of carbonyl (C=O) groups is 3. The molecule has 3 rings (SSSR count). The summed E-state index contributed by atoms with van der Waals surface area (Å²) in [5, 5.41) is 12.4.